The van der Waals surface area contributed by atoms with E-state index in [2.05, 4.69) is 0 Å². The maximum absolute atomic E-state index is 12.5. The summed E-state index contributed by atoms with van der Waals surface area (Å²) < 4.78 is 69.2. The smallest absolute Gasteiger partial charge is 0.298 e. The number of benzene rings is 4. The van der Waals surface area contributed by atoms with Crippen LogP contribution in [-0.2, 0) is 20.2 Å². The lowest BCUT2D eigenvalue weighted by Gasteiger charge is -2.19. The lowest BCUT2D eigenvalue weighted by molar-refractivity contribution is 0.444. The molecule has 194 valence electrons. The number of fused-ring (bicyclic) bond motifs is 1. The van der Waals surface area contributed by atoms with Crippen molar-refractivity contribution in [1.82, 2.24) is 0 Å². The third-order valence-electron chi connectivity index (χ3n) is 6.07. The van der Waals surface area contributed by atoms with Gasteiger partial charge < -0.3 is 14.9 Å². The van der Waals surface area contributed by atoms with E-state index in [1.165, 1.54) is 6.07 Å². The van der Waals surface area contributed by atoms with E-state index in [9.17, 15) is 31.0 Å². The quantitative estimate of drug-likeness (QED) is 0.301. The zero-order valence-electron chi connectivity index (χ0n) is 20.5. The van der Waals surface area contributed by atoms with Gasteiger partial charge in [0.1, 0.15) is 10.6 Å². The average Bonchev–Trinajstić information content (AvgIpc) is 2.81. The molecule has 4 aromatic carbocycles. The molecule has 37 heavy (non-hydrogen) atoms. The summed E-state index contributed by atoms with van der Waals surface area (Å²) in [5.74, 6) is -0.761. The molecule has 0 aliphatic carbocycles. The number of anilines is 2. The second kappa shape index (κ2) is 9.34. The fraction of sp³-hybridized carbons (Fsp3) is 0.154. The van der Waals surface area contributed by atoms with E-state index in [4.69, 9.17) is 0 Å². The highest BCUT2D eigenvalue weighted by Gasteiger charge is 2.27. The Morgan fingerprint density at radius 3 is 1.57 bits per heavy atom. The van der Waals surface area contributed by atoms with E-state index >= 15 is 0 Å². The minimum absolute atomic E-state index is 0.00335. The minimum atomic E-state index is -4.92. The van der Waals surface area contributed by atoms with Crippen LogP contribution in [0.25, 0.3) is 33.0 Å². The van der Waals surface area contributed by atoms with Gasteiger partial charge in [0.25, 0.3) is 20.2 Å². The van der Waals surface area contributed by atoms with Crippen molar-refractivity contribution >= 4 is 42.4 Å². The van der Waals surface area contributed by atoms with Crippen LogP contribution >= 0.6 is 0 Å². The van der Waals surface area contributed by atoms with E-state index in [1.807, 2.05) is 38.0 Å². The maximum Gasteiger partial charge on any atom is 0.298 e. The van der Waals surface area contributed by atoms with Gasteiger partial charge in [0.2, 0.25) is 0 Å². The van der Waals surface area contributed by atoms with Crippen LogP contribution in [0.15, 0.2) is 76.5 Å². The van der Waals surface area contributed by atoms with Crippen molar-refractivity contribution in [3.8, 4) is 28.0 Å². The summed E-state index contributed by atoms with van der Waals surface area (Å²) in [7, 11) is -2.17. The van der Waals surface area contributed by atoms with Crippen molar-refractivity contribution in [2.45, 2.75) is 9.79 Å². The first-order valence-corrected chi connectivity index (χ1v) is 13.9. The summed E-state index contributed by atoms with van der Waals surface area (Å²) in [5, 5.41) is 11.1. The summed E-state index contributed by atoms with van der Waals surface area (Å²) in [6.45, 7) is 0. The largest absolute Gasteiger partial charge is 0.506 e. The molecule has 0 saturated heterocycles. The topological polar surface area (TPSA) is 135 Å². The van der Waals surface area contributed by atoms with Gasteiger partial charge in [0.05, 0.1) is 4.90 Å². The highest BCUT2D eigenvalue weighted by atomic mass is 32.2. The molecule has 0 bridgehead atoms. The van der Waals surface area contributed by atoms with Gasteiger partial charge in [-0.1, -0.05) is 24.3 Å². The molecule has 0 aliphatic heterocycles. The van der Waals surface area contributed by atoms with Crippen LogP contribution in [0.5, 0.6) is 5.75 Å². The molecule has 0 aliphatic rings. The monoisotopic (exact) mass is 542 g/mol. The third kappa shape index (κ3) is 5.12. The van der Waals surface area contributed by atoms with Gasteiger partial charge in [-0.25, -0.2) is 0 Å². The number of phenolic OH excluding ortho intramolecular Hbond substituents is 1. The third-order valence-corrected chi connectivity index (χ3v) is 7.83. The van der Waals surface area contributed by atoms with E-state index in [0.717, 1.165) is 23.5 Å². The molecule has 0 atom stereocenters. The summed E-state index contributed by atoms with van der Waals surface area (Å²) >= 11 is 0. The molecule has 0 saturated carbocycles. The van der Waals surface area contributed by atoms with Crippen molar-refractivity contribution < 1.29 is 31.0 Å². The summed E-state index contributed by atoms with van der Waals surface area (Å²) in [5.41, 5.74) is 2.87. The molecule has 0 aromatic heterocycles. The van der Waals surface area contributed by atoms with Crippen molar-refractivity contribution in [2.75, 3.05) is 38.0 Å². The van der Waals surface area contributed by atoms with Gasteiger partial charge in [0.15, 0.2) is 0 Å². The standard InChI is InChI=1S/C26H26N2O7S2/c1-27(2)19-9-5-16(6-10-19)22-15-21(36(30,31)32)13-18-14-23(29)26(37(33,34)35)25(24(18)22)17-7-11-20(12-8-17)28(3)4/h5-15,29H,1-4H3,(H,30,31,32)(H,33,34,35). The predicted octanol–water partition coefficient (Wildman–Crippen LogP) is 4.50. The molecule has 4 aromatic rings. The number of rotatable bonds is 6. The molecular formula is C26H26N2O7S2. The summed E-state index contributed by atoms with van der Waals surface area (Å²) in [6.07, 6.45) is 0. The molecule has 0 amide bonds. The Morgan fingerprint density at radius 2 is 1.14 bits per heavy atom. The average molecular weight is 543 g/mol. The molecule has 11 heteroatoms. The van der Waals surface area contributed by atoms with Gasteiger partial charge in [0, 0.05) is 45.1 Å². The van der Waals surface area contributed by atoms with Crippen LogP contribution in [0.4, 0.5) is 11.4 Å². The SMILES string of the molecule is CN(C)c1ccc(-c2cc(S(=O)(=O)O)cc3cc(O)c(S(=O)(=O)O)c(-c4ccc(N(C)C)cc4)c23)cc1. The predicted molar refractivity (Wildman–Crippen MR) is 145 cm³/mol. The lowest BCUT2D eigenvalue weighted by atomic mass is 9.90. The van der Waals surface area contributed by atoms with E-state index < -0.39 is 35.8 Å². The second-order valence-corrected chi connectivity index (χ2v) is 11.8. The Bertz CT molecular complexity index is 1710. The van der Waals surface area contributed by atoms with Crippen LogP contribution in [0.1, 0.15) is 0 Å². The Morgan fingerprint density at radius 1 is 0.649 bits per heavy atom. The van der Waals surface area contributed by atoms with Crippen molar-refractivity contribution in [1.29, 1.82) is 0 Å². The number of hydrogen-bond donors (Lipinski definition) is 3. The first-order chi connectivity index (χ1) is 17.2. The van der Waals surface area contributed by atoms with Crippen LogP contribution in [0.2, 0.25) is 0 Å². The van der Waals surface area contributed by atoms with E-state index in [0.29, 0.717) is 11.1 Å². The highest BCUT2D eigenvalue weighted by molar-refractivity contribution is 7.86. The van der Waals surface area contributed by atoms with Gasteiger partial charge in [-0.05, 0) is 69.9 Å². The second-order valence-electron chi connectivity index (χ2n) is 9.00. The van der Waals surface area contributed by atoms with Crippen LogP contribution in [-0.4, -0.2) is 59.2 Å². The molecule has 4 rings (SSSR count). The number of nitrogens with zero attached hydrogens (tertiary/aromatic N) is 2. The first-order valence-electron chi connectivity index (χ1n) is 11.0. The zero-order valence-corrected chi connectivity index (χ0v) is 22.2. The molecule has 0 heterocycles. The van der Waals surface area contributed by atoms with Gasteiger partial charge >= 0.3 is 0 Å². The molecule has 0 unspecified atom stereocenters. The van der Waals surface area contributed by atoms with Gasteiger partial charge in [-0.3, -0.25) is 9.11 Å². The van der Waals surface area contributed by atoms with Crippen LogP contribution in [0.3, 0.4) is 0 Å². The van der Waals surface area contributed by atoms with Gasteiger partial charge in [-0.2, -0.15) is 16.8 Å². The summed E-state index contributed by atoms with van der Waals surface area (Å²) in [4.78, 5) is 2.59. The van der Waals surface area contributed by atoms with Crippen molar-refractivity contribution in [3.05, 3.63) is 66.7 Å². The van der Waals surface area contributed by atoms with Crippen molar-refractivity contribution in [3.63, 3.8) is 0 Å². The Balaban J connectivity index is 2.21. The van der Waals surface area contributed by atoms with Crippen molar-refractivity contribution in [2.24, 2.45) is 0 Å². The fourth-order valence-electron chi connectivity index (χ4n) is 4.26. The Labute approximate surface area is 215 Å². The van der Waals surface area contributed by atoms with Gasteiger partial charge in [-0.15, -0.1) is 0 Å². The van der Waals surface area contributed by atoms with Crippen LogP contribution in [0, 0.1) is 0 Å². The lowest BCUT2D eigenvalue weighted by Crippen LogP contribution is -2.08. The number of phenols is 1. The zero-order chi connectivity index (χ0) is 27.3. The highest BCUT2D eigenvalue weighted by Crippen LogP contribution is 2.45. The maximum atomic E-state index is 12.5. The normalized spacial score (nSPS) is 12.1. The number of hydrogen-bond acceptors (Lipinski definition) is 7. The fourth-order valence-corrected chi connectivity index (χ4v) is 5.61. The van der Waals surface area contributed by atoms with E-state index in [1.54, 1.807) is 48.5 Å². The minimum Gasteiger partial charge on any atom is -0.506 e. The van der Waals surface area contributed by atoms with Crippen LogP contribution < -0.4 is 9.80 Å². The molecule has 0 spiro atoms. The molecule has 9 nitrogen and oxygen atoms in total. The van der Waals surface area contributed by atoms with E-state index in [-0.39, 0.29) is 21.9 Å². The first kappa shape index (κ1) is 26.4. The number of aromatic hydroxyl groups is 1. The molecule has 0 fully saturated rings. The molecular weight excluding hydrogens is 516 g/mol. The Hall–Kier alpha value is -3.64. The Kier molecular flexibility index (Phi) is 6.67. The molecule has 3 N–H and O–H groups in total. The molecule has 0 radical (unpaired) electrons. The summed E-state index contributed by atoms with van der Waals surface area (Å²) in [6, 6.07) is 17.3.